The van der Waals surface area contributed by atoms with Crippen molar-refractivity contribution in [3.8, 4) is 5.82 Å². The van der Waals surface area contributed by atoms with Crippen LogP contribution in [0.5, 0.6) is 0 Å². The first kappa shape index (κ1) is 20.1. The summed E-state index contributed by atoms with van der Waals surface area (Å²) in [5, 5.41) is 9.29. The topological polar surface area (TPSA) is 63.8 Å². The first-order chi connectivity index (χ1) is 15.1. The second-order valence-electron chi connectivity index (χ2n) is 8.07. The van der Waals surface area contributed by atoms with Gasteiger partial charge in [0.1, 0.15) is 0 Å². The molecular weight excluding hydrogens is 406 g/mol. The molecule has 1 aliphatic heterocycles. The third-order valence-corrected chi connectivity index (χ3v) is 6.66. The molecule has 160 valence electrons. The Balaban J connectivity index is 1.39. The molecular formula is C23H27N7S. The Bertz CT molecular complexity index is 1220. The largest absolute Gasteiger partial charge is 0.349 e. The van der Waals surface area contributed by atoms with Crippen molar-refractivity contribution in [1.29, 1.82) is 0 Å². The van der Waals surface area contributed by atoms with E-state index in [1.807, 2.05) is 10.7 Å². The summed E-state index contributed by atoms with van der Waals surface area (Å²) in [6.45, 7) is 5.38. The maximum absolute atomic E-state index is 4.71. The fourth-order valence-corrected chi connectivity index (χ4v) is 4.86. The van der Waals surface area contributed by atoms with Gasteiger partial charge in [-0.05, 0) is 57.3 Å². The Morgan fingerprint density at radius 1 is 1.13 bits per heavy atom. The number of aryl methyl sites for hydroxylation is 2. The van der Waals surface area contributed by atoms with E-state index in [1.54, 1.807) is 18.0 Å². The lowest BCUT2D eigenvalue weighted by molar-refractivity contribution is 0.330. The smallest absolute Gasteiger partial charge is 0.229 e. The molecule has 0 amide bonds. The monoisotopic (exact) mass is 433 g/mol. The Morgan fingerprint density at radius 3 is 2.77 bits per heavy atom. The fourth-order valence-electron chi connectivity index (χ4n) is 4.21. The minimum absolute atomic E-state index is 0.563. The molecule has 4 aromatic rings. The van der Waals surface area contributed by atoms with Crippen LogP contribution in [0.2, 0.25) is 0 Å². The van der Waals surface area contributed by atoms with Crippen molar-refractivity contribution < 1.29 is 0 Å². The average molecular weight is 434 g/mol. The summed E-state index contributed by atoms with van der Waals surface area (Å²) in [5.74, 6) is 1.33. The molecule has 0 spiro atoms. The van der Waals surface area contributed by atoms with Crippen molar-refractivity contribution in [2.24, 2.45) is 7.05 Å². The molecule has 1 aliphatic rings. The number of nitrogens with zero attached hydrogens (tertiary/aromatic N) is 6. The lowest BCUT2D eigenvalue weighted by atomic mass is 10.2. The molecule has 0 radical (unpaired) electrons. The molecule has 7 nitrogen and oxygen atoms in total. The highest BCUT2D eigenvalue weighted by molar-refractivity contribution is 7.98. The lowest BCUT2D eigenvalue weighted by Gasteiger charge is -2.13. The summed E-state index contributed by atoms with van der Waals surface area (Å²) >= 11 is 1.75. The quantitative estimate of drug-likeness (QED) is 0.451. The third-order valence-electron chi connectivity index (χ3n) is 5.90. The van der Waals surface area contributed by atoms with Crippen LogP contribution >= 0.6 is 11.8 Å². The van der Waals surface area contributed by atoms with E-state index in [4.69, 9.17) is 10.1 Å². The van der Waals surface area contributed by atoms with Crippen LogP contribution in [0.3, 0.4) is 0 Å². The van der Waals surface area contributed by atoms with Gasteiger partial charge in [-0.25, -0.2) is 9.67 Å². The standard InChI is InChI=1S/C23H27N7S/c1-16-17(13-29-10-4-5-11-29)14-30(27-16)22-8-9-24-23(26-22)25-18-6-7-20-19(12-18)21(31-3)15-28(20)2/h6-9,12,14-15H,4-5,10-11,13H2,1-3H3,(H,24,25,26). The number of benzene rings is 1. The number of aromatic nitrogens is 5. The number of hydrogen-bond acceptors (Lipinski definition) is 6. The number of thioether (sulfide) groups is 1. The Kier molecular flexibility index (Phi) is 5.41. The molecule has 1 fully saturated rings. The molecule has 8 heteroatoms. The minimum atomic E-state index is 0.563. The predicted octanol–water partition coefficient (Wildman–Crippen LogP) is 4.52. The number of nitrogens with one attached hydrogen (secondary N) is 1. The van der Waals surface area contributed by atoms with Crippen molar-refractivity contribution in [1.82, 2.24) is 29.2 Å². The van der Waals surface area contributed by atoms with Crippen LogP contribution in [0, 0.1) is 6.92 Å². The molecule has 5 rings (SSSR count). The van der Waals surface area contributed by atoms with Gasteiger partial charge in [0, 0.05) is 65.3 Å². The number of anilines is 2. The lowest BCUT2D eigenvalue weighted by Crippen LogP contribution is -2.18. The van der Waals surface area contributed by atoms with Crippen LogP contribution in [-0.2, 0) is 13.6 Å². The van der Waals surface area contributed by atoms with Gasteiger partial charge >= 0.3 is 0 Å². The average Bonchev–Trinajstić information content (AvgIpc) is 3.49. The van der Waals surface area contributed by atoms with E-state index < -0.39 is 0 Å². The molecule has 1 aromatic carbocycles. The molecule has 0 atom stereocenters. The van der Waals surface area contributed by atoms with Gasteiger partial charge in [-0.3, -0.25) is 4.90 Å². The molecule has 0 aliphatic carbocycles. The first-order valence-corrected chi connectivity index (χ1v) is 11.8. The van der Waals surface area contributed by atoms with Gasteiger partial charge in [-0.2, -0.15) is 10.1 Å². The maximum Gasteiger partial charge on any atom is 0.229 e. The Hall–Kier alpha value is -2.84. The van der Waals surface area contributed by atoms with Gasteiger partial charge in [-0.15, -0.1) is 11.8 Å². The summed E-state index contributed by atoms with van der Waals surface area (Å²) in [7, 11) is 2.08. The number of hydrogen-bond donors (Lipinski definition) is 1. The molecule has 3 aromatic heterocycles. The normalized spacial score (nSPS) is 14.5. The zero-order valence-corrected chi connectivity index (χ0v) is 19.0. The zero-order valence-electron chi connectivity index (χ0n) is 18.2. The van der Waals surface area contributed by atoms with Gasteiger partial charge in [0.25, 0.3) is 0 Å². The van der Waals surface area contributed by atoms with Crippen molar-refractivity contribution in [2.75, 3.05) is 24.7 Å². The van der Waals surface area contributed by atoms with E-state index >= 15 is 0 Å². The predicted molar refractivity (Wildman–Crippen MR) is 126 cm³/mol. The first-order valence-electron chi connectivity index (χ1n) is 10.6. The molecule has 1 N–H and O–H groups in total. The summed E-state index contributed by atoms with van der Waals surface area (Å²) in [5.41, 5.74) is 4.49. The van der Waals surface area contributed by atoms with Gasteiger partial charge < -0.3 is 9.88 Å². The second kappa shape index (κ2) is 8.36. The van der Waals surface area contributed by atoms with Crippen molar-refractivity contribution in [2.45, 2.75) is 31.2 Å². The van der Waals surface area contributed by atoms with E-state index in [0.29, 0.717) is 5.95 Å². The van der Waals surface area contributed by atoms with Crippen LogP contribution < -0.4 is 5.32 Å². The van der Waals surface area contributed by atoms with Crippen molar-refractivity contribution >= 4 is 34.3 Å². The van der Waals surface area contributed by atoms with Crippen LogP contribution in [-0.4, -0.2) is 48.6 Å². The second-order valence-corrected chi connectivity index (χ2v) is 8.92. The van der Waals surface area contributed by atoms with Crippen LogP contribution in [0.1, 0.15) is 24.1 Å². The van der Waals surface area contributed by atoms with Crippen molar-refractivity contribution in [3.05, 3.63) is 54.1 Å². The highest BCUT2D eigenvalue weighted by Crippen LogP contribution is 2.30. The SMILES string of the molecule is CSc1cn(C)c2ccc(Nc3nccc(-n4cc(CN5CCCC5)c(C)n4)n3)cc12. The number of fused-ring (bicyclic) bond motifs is 1. The van der Waals surface area contributed by atoms with Gasteiger partial charge in [0.15, 0.2) is 5.82 Å². The van der Waals surface area contributed by atoms with E-state index in [-0.39, 0.29) is 0 Å². The molecule has 4 heterocycles. The summed E-state index contributed by atoms with van der Waals surface area (Å²) < 4.78 is 4.02. The Morgan fingerprint density at radius 2 is 1.97 bits per heavy atom. The van der Waals surface area contributed by atoms with Crippen LogP contribution in [0.25, 0.3) is 16.7 Å². The van der Waals surface area contributed by atoms with Gasteiger partial charge in [-0.1, -0.05) is 0 Å². The fraction of sp³-hybridized carbons (Fsp3) is 0.348. The Labute approximate surface area is 186 Å². The van der Waals surface area contributed by atoms with Gasteiger partial charge in [0.2, 0.25) is 5.95 Å². The van der Waals surface area contributed by atoms with E-state index in [1.165, 1.54) is 47.3 Å². The van der Waals surface area contributed by atoms with Crippen LogP contribution in [0.15, 0.2) is 47.8 Å². The van der Waals surface area contributed by atoms with E-state index in [2.05, 4.69) is 70.6 Å². The maximum atomic E-state index is 4.71. The van der Waals surface area contributed by atoms with Crippen molar-refractivity contribution in [3.63, 3.8) is 0 Å². The van der Waals surface area contributed by atoms with E-state index in [0.717, 1.165) is 23.7 Å². The third kappa shape index (κ3) is 4.05. The number of rotatable bonds is 6. The molecule has 1 saturated heterocycles. The van der Waals surface area contributed by atoms with E-state index in [9.17, 15) is 0 Å². The van der Waals surface area contributed by atoms with Gasteiger partial charge in [0.05, 0.1) is 5.69 Å². The molecule has 0 saturated carbocycles. The number of likely N-dealkylation sites (tertiary alicyclic amines) is 1. The summed E-state index contributed by atoms with van der Waals surface area (Å²) in [4.78, 5) is 12.9. The molecule has 31 heavy (non-hydrogen) atoms. The molecule has 0 bridgehead atoms. The highest BCUT2D eigenvalue weighted by Gasteiger charge is 2.16. The summed E-state index contributed by atoms with van der Waals surface area (Å²) in [6.07, 6.45) is 10.7. The summed E-state index contributed by atoms with van der Waals surface area (Å²) in [6, 6.07) is 8.24. The minimum Gasteiger partial charge on any atom is -0.349 e. The highest BCUT2D eigenvalue weighted by atomic mass is 32.2. The molecule has 0 unspecified atom stereocenters. The zero-order chi connectivity index (χ0) is 21.4. The van der Waals surface area contributed by atoms with Crippen LogP contribution in [0.4, 0.5) is 11.6 Å².